The lowest BCUT2D eigenvalue weighted by Gasteiger charge is -2.07. The summed E-state index contributed by atoms with van der Waals surface area (Å²) in [4.78, 5) is 12.0. The molecule has 2 rings (SSSR count). The summed E-state index contributed by atoms with van der Waals surface area (Å²) in [7, 11) is 0. The Morgan fingerprint density at radius 1 is 1.21 bits per heavy atom. The molecule has 1 amide bonds. The number of hydrogen-bond acceptors (Lipinski definition) is 1. The second-order valence-electron chi connectivity index (χ2n) is 4.27. The van der Waals surface area contributed by atoms with Gasteiger partial charge < -0.3 is 5.32 Å². The summed E-state index contributed by atoms with van der Waals surface area (Å²) in [5, 5.41) is 3.58. The maximum Gasteiger partial charge on any atom is 0.251 e. The molecule has 0 spiro atoms. The second kappa shape index (κ2) is 6.22. The Labute approximate surface area is 125 Å². The van der Waals surface area contributed by atoms with Crippen molar-refractivity contribution >= 4 is 33.4 Å². The number of aryl methyl sites for hydroxylation is 1. The van der Waals surface area contributed by atoms with Crippen LogP contribution in [-0.4, -0.2) is 5.91 Å². The zero-order chi connectivity index (χ0) is 13.8. The van der Waals surface area contributed by atoms with Gasteiger partial charge in [0.05, 0.1) is 0 Å². The molecule has 2 aromatic carbocycles. The Balaban J connectivity index is 2.01. The van der Waals surface area contributed by atoms with Gasteiger partial charge in [-0.15, -0.1) is 0 Å². The molecule has 0 aliphatic heterocycles. The number of halogens is 2. The Hall–Kier alpha value is -1.32. The number of hydrogen-bond donors (Lipinski definition) is 1. The minimum Gasteiger partial charge on any atom is -0.348 e. The van der Waals surface area contributed by atoms with E-state index in [1.54, 1.807) is 6.07 Å². The van der Waals surface area contributed by atoms with Crippen molar-refractivity contribution in [3.63, 3.8) is 0 Å². The summed E-state index contributed by atoms with van der Waals surface area (Å²) < 4.78 is 1.00. The Morgan fingerprint density at radius 3 is 2.53 bits per heavy atom. The van der Waals surface area contributed by atoms with E-state index in [1.165, 1.54) is 0 Å². The van der Waals surface area contributed by atoms with E-state index in [4.69, 9.17) is 11.6 Å². The summed E-state index contributed by atoms with van der Waals surface area (Å²) in [6.45, 7) is 2.45. The van der Waals surface area contributed by atoms with Crippen molar-refractivity contribution < 1.29 is 4.79 Å². The van der Waals surface area contributed by atoms with Crippen molar-refractivity contribution in [3.05, 3.63) is 68.7 Å². The van der Waals surface area contributed by atoms with Gasteiger partial charge in [0.1, 0.15) is 0 Å². The van der Waals surface area contributed by atoms with Gasteiger partial charge in [-0.25, -0.2) is 0 Å². The smallest absolute Gasteiger partial charge is 0.251 e. The van der Waals surface area contributed by atoms with Crippen molar-refractivity contribution in [1.29, 1.82) is 0 Å². The average Bonchev–Trinajstić information content (AvgIpc) is 2.41. The minimum absolute atomic E-state index is 0.0782. The summed E-state index contributed by atoms with van der Waals surface area (Å²) in [5.74, 6) is -0.0782. The van der Waals surface area contributed by atoms with Crippen LogP contribution in [-0.2, 0) is 6.54 Å². The van der Waals surface area contributed by atoms with Crippen LogP contribution in [0.1, 0.15) is 21.5 Å². The van der Waals surface area contributed by atoms with Gasteiger partial charge in [-0.05, 0) is 48.4 Å². The van der Waals surface area contributed by atoms with E-state index in [0.717, 1.165) is 15.6 Å². The maximum absolute atomic E-state index is 12.0. The van der Waals surface area contributed by atoms with Gasteiger partial charge in [0.25, 0.3) is 5.91 Å². The van der Waals surface area contributed by atoms with E-state index in [1.807, 2.05) is 43.3 Å². The molecule has 0 fully saturated rings. The van der Waals surface area contributed by atoms with Crippen LogP contribution in [0.15, 0.2) is 46.9 Å². The Morgan fingerprint density at radius 2 is 1.89 bits per heavy atom. The van der Waals surface area contributed by atoms with Crippen LogP contribution in [0.25, 0.3) is 0 Å². The van der Waals surface area contributed by atoms with Gasteiger partial charge in [0.15, 0.2) is 0 Å². The largest absolute Gasteiger partial charge is 0.348 e. The molecule has 0 atom stereocenters. The van der Waals surface area contributed by atoms with Crippen molar-refractivity contribution in [2.75, 3.05) is 0 Å². The van der Waals surface area contributed by atoms with Gasteiger partial charge in [0, 0.05) is 21.6 Å². The highest BCUT2D eigenvalue weighted by Crippen LogP contribution is 2.17. The van der Waals surface area contributed by atoms with Crippen LogP contribution in [0, 0.1) is 6.92 Å². The second-order valence-corrected chi connectivity index (χ2v) is 5.56. The molecular weight excluding hydrogens is 326 g/mol. The van der Waals surface area contributed by atoms with Crippen LogP contribution in [0.5, 0.6) is 0 Å². The van der Waals surface area contributed by atoms with Crippen LogP contribution in [0.4, 0.5) is 0 Å². The van der Waals surface area contributed by atoms with Gasteiger partial charge in [0.2, 0.25) is 0 Å². The number of nitrogens with one attached hydrogen (secondary N) is 1. The molecule has 0 aliphatic rings. The first-order valence-corrected chi connectivity index (χ1v) is 7.02. The zero-order valence-electron chi connectivity index (χ0n) is 10.4. The number of carbonyl (C=O) groups excluding carboxylic acids is 1. The molecule has 0 unspecified atom stereocenters. The third kappa shape index (κ3) is 3.82. The molecule has 0 aromatic heterocycles. The van der Waals surface area contributed by atoms with Crippen molar-refractivity contribution in [2.45, 2.75) is 13.5 Å². The normalized spacial score (nSPS) is 10.3. The molecular formula is C15H13BrClNO. The van der Waals surface area contributed by atoms with E-state index in [0.29, 0.717) is 17.1 Å². The third-order valence-corrected chi connectivity index (χ3v) is 3.93. The van der Waals surface area contributed by atoms with Gasteiger partial charge >= 0.3 is 0 Å². The van der Waals surface area contributed by atoms with E-state index in [-0.39, 0.29) is 5.91 Å². The van der Waals surface area contributed by atoms with Crippen LogP contribution in [0.2, 0.25) is 5.02 Å². The fourth-order valence-corrected chi connectivity index (χ4v) is 2.05. The number of benzene rings is 2. The average molecular weight is 339 g/mol. The zero-order valence-corrected chi connectivity index (χ0v) is 12.8. The Kier molecular flexibility index (Phi) is 4.61. The van der Waals surface area contributed by atoms with Gasteiger partial charge in [-0.2, -0.15) is 0 Å². The predicted octanol–water partition coefficient (Wildman–Crippen LogP) is 4.34. The molecule has 1 N–H and O–H groups in total. The first-order valence-electron chi connectivity index (χ1n) is 5.85. The molecule has 0 bridgehead atoms. The molecule has 4 heteroatoms. The summed E-state index contributed by atoms with van der Waals surface area (Å²) in [6.07, 6.45) is 0. The van der Waals surface area contributed by atoms with Crippen LogP contribution < -0.4 is 5.32 Å². The molecule has 2 aromatic rings. The van der Waals surface area contributed by atoms with Crippen molar-refractivity contribution in [2.24, 2.45) is 0 Å². The van der Waals surface area contributed by atoms with Gasteiger partial charge in [-0.3, -0.25) is 4.79 Å². The van der Waals surface area contributed by atoms with Crippen LogP contribution >= 0.6 is 27.5 Å². The standard InChI is InChI=1S/C15H13BrClNO/c1-10-8-12(4-7-14(10)16)15(19)18-9-11-2-5-13(17)6-3-11/h2-8H,9H2,1H3,(H,18,19). The highest BCUT2D eigenvalue weighted by molar-refractivity contribution is 9.10. The first kappa shape index (κ1) is 14.1. The van der Waals surface area contributed by atoms with E-state index in [9.17, 15) is 4.79 Å². The number of amides is 1. The lowest BCUT2D eigenvalue weighted by atomic mass is 10.1. The van der Waals surface area contributed by atoms with Crippen LogP contribution in [0.3, 0.4) is 0 Å². The maximum atomic E-state index is 12.0. The van der Waals surface area contributed by atoms with E-state index in [2.05, 4.69) is 21.2 Å². The molecule has 2 nitrogen and oxygen atoms in total. The van der Waals surface area contributed by atoms with E-state index >= 15 is 0 Å². The molecule has 0 heterocycles. The highest BCUT2D eigenvalue weighted by Gasteiger charge is 2.06. The molecule has 0 aliphatic carbocycles. The first-order chi connectivity index (χ1) is 9.06. The number of carbonyl (C=O) groups is 1. The summed E-state index contributed by atoms with van der Waals surface area (Å²) in [6, 6.07) is 13.0. The van der Waals surface area contributed by atoms with Crippen molar-refractivity contribution in [1.82, 2.24) is 5.32 Å². The lowest BCUT2D eigenvalue weighted by Crippen LogP contribution is -2.22. The lowest BCUT2D eigenvalue weighted by molar-refractivity contribution is 0.0951. The topological polar surface area (TPSA) is 29.1 Å². The molecule has 19 heavy (non-hydrogen) atoms. The van der Waals surface area contributed by atoms with Gasteiger partial charge in [-0.1, -0.05) is 39.7 Å². The fourth-order valence-electron chi connectivity index (χ4n) is 1.67. The third-order valence-electron chi connectivity index (χ3n) is 2.79. The molecule has 0 radical (unpaired) electrons. The molecule has 0 saturated heterocycles. The van der Waals surface area contributed by atoms with Crippen molar-refractivity contribution in [3.8, 4) is 0 Å². The number of rotatable bonds is 3. The monoisotopic (exact) mass is 337 g/mol. The summed E-state index contributed by atoms with van der Waals surface area (Å²) in [5.41, 5.74) is 2.72. The fraction of sp³-hybridized carbons (Fsp3) is 0.133. The molecule has 98 valence electrons. The predicted molar refractivity (Wildman–Crippen MR) is 81.5 cm³/mol. The quantitative estimate of drug-likeness (QED) is 0.886. The van der Waals surface area contributed by atoms with E-state index < -0.39 is 0 Å². The highest BCUT2D eigenvalue weighted by atomic mass is 79.9. The SMILES string of the molecule is Cc1cc(C(=O)NCc2ccc(Cl)cc2)ccc1Br. The minimum atomic E-state index is -0.0782. The summed E-state index contributed by atoms with van der Waals surface area (Å²) >= 11 is 9.23. The molecule has 0 saturated carbocycles. The Bertz CT molecular complexity index is 596.